The lowest BCUT2D eigenvalue weighted by molar-refractivity contribution is 0.0692. The maximum Gasteiger partial charge on any atom is 0.338 e. The fourth-order valence-electron chi connectivity index (χ4n) is 5.11. The van der Waals surface area contributed by atoms with Gasteiger partial charge in [0.05, 0.1) is 5.56 Å². The number of aromatic carboxylic acids is 1. The van der Waals surface area contributed by atoms with Gasteiger partial charge >= 0.3 is 5.97 Å². The topological polar surface area (TPSA) is 37.3 Å². The zero-order valence-electron chi connectivity index (χ0n) is 19.6. The molecule has 0 aromatic heterocycles. The number of hydrogen-bond acceptors (Lipinski definition) is 1. The van der Waals surface area contributed by atoms with Crippen molar-refractivity contribution >= 4 is 5.97 Å². The lowest BCUT2D eigenvalue weighted by Crippen LogP contribution is -2.14. The standard InChI is InChI=1S/C29H28F4O2/c1-2-17-3-5-18(6-4-17)7-8-19-9-11-20(12-10-19)22-13-14-23(29(34)35)27(32)26(22)21-15-24(30)28(33)25(31)16-21/h9-18H,2-8H2,1H3,(H,34,35)/t17-,18-. The van der Waals surface area contributed by atoms with Gasteiger partial charge in [-0.2, -0.15) is 0 Å². The summed E-state index contributed by atoms with van der Waals surface area (Å²) in [5, 5.41) is 9.34. The highest BCUT2D eigenvalue weighted by molar-refractivity contribution is 5.94. The first-order chi connectivity index (χ1) is 16.8. The highest BCUT2D eigenvalue weighted by Gasteiger charge is 2.23. The van der Waals surface area contributed by atoms with Gasteiger partial charge in [-0.15, -0.1) is 0 Å². The number of aryl methyl sites for hydroxylation is 1. The van der Waals surface area contributed by atoms with Crippen LogP contribution >= 0.6 is 0 Å². The molecule has 184 valence electrons. The van der Waals surface area contributed by atoms with E-state index in [2.05, 4.69) is 6.92 Å². The van der Waals surface area contributed by atoms with Crippen molar-refractivity contribution in [3.8, 4) is 22.3 Å². The molecule has 35 heavy (non-hydrogen) atoms. The van der Waals surface area contributed by atoms with Crippen molar-refractivity contribution in [3.63, 3.8) is 0 Å². The van der Waals surface area contributed by atoms with Crippen LogP contribution in [0.25, 0.3) is 22.3 Å². The summed E-state index contributed by atoms with van der Waals surface area (Å²) in [7, 11) is 0. The second-order valence-corrected chi connectivity index (χ2v) is 9.44. The van der Waals surface area contributed by atoms with Crippen LogP contribution in [0.3, 0.4) is 0 Å². The number of carboxylic acids is 1. The van der Waals surface area contributed by atoms with Gasteiger partial charge in [-0.3, -0.25) is 0 Å². The van der Waals surface area contributed by atoms with Gasteiger partial charge in [-0.1, -0.05) is 69.4 Å². The van der Waals surface area contributed by atoms with Crippen molar-refractivity contribution in [2.24, 2.45) is 11.8 Å². The first-order valence-corrected chi connectivity index (χ1v) is 12.1. The van der Waals surface area contributed by atoms with Crippen molar-refractivity contribution < 1.29 is 27.5 Å². The molecule has 1 fully saturated rings. The Hall–Kier alpha value is -3.15. The van der Waals surface area contributed by atoms with Crippen LogP contribution in [0.5, 0.6) is 0 Å². The number of hydrogen-bond donors (Lipinski definition) is 1. The maximum atomic E-state index is 15.3. The lowest BCUT2D eigenvalue weighted by Gasteiger charge is -2.27. The molecule has 3 aromatic rings. The Morgan fingerprint density at radius 1 is 0.829 bits per heavy atom. The summed E-state index contributed by atoms with van der Waals surface area (Å²) in [6.07, 6.45) is 8.41. The molecule has 0 aliphatic heterocycles. The molecular weight excluding hydrogens is 456 g/mol. The Labute approximate surface area is 202 Å². The van der Waals surface area contributed by atoms with Crippen molar-refractivity contribution in [2.45, 2.75) is 51.9 Å². The van der Waals surface area contributed by atoms with E-state index in [9.17, 15) is 23.1 Å². The maximum absolute atomic E-state index is 15.3. The first-order valence-electron chi connectivity index (χ1n) is 12.1. The molecule has 0 amide bonds. The zero-order valence-corrected chi connectivity index (χ0v) is 19.6. The van der Waals surface area contributed by atoms with E-state index >= 15 is 4.39 Å². The Kier molecular flexibility index (Phi) is 7.58. The van der Waals surface area contributed by atoms with Crippen LogP contribution in [0.2, 0.25) is 0 Å². The third-order valence-electron chi connectivity index (χ3n) is 7.29. The monoisotopic (exact) mass is 484 g/mol. The first kappa shape index (κ1) is 25.0. The summed E-state index contributed by atoms with van der Waals surface area (Å²) in [6, 6.07) is 11.3. The third kappa shape index (κ3) is 5.42. The zero-order chi connectivity index (χ0) is 25.1. The molecule has 3 aromatic carbocycles. The van der Waals surface area contributed by atoms with Crippen LogP contribution in [-0.4, -0.2) is 11.1 Å². The molecule has 0 atom stereocenters. The molecule has 1 aliphatic carbocycles. The van der Waals surface area contributed by atoms with E-state index in [1.165, 1.54) is 38.2 Å². The second-order valence-electron chi connectivity index (χ2n) is 9.44. The van der Waals surface area contributed by atoms with Crippen LogP contribution < -0.4 is 0 Å². The molecule has 2 nitrogen and oxygen atoms in total. The predicted molar refractivity (Wildman–Crippen MR) is 128 cm³/mol. The molecule has 0 spiro atoms. The van der Waals surface area contributed by atoms with Crippen LogP contribution in [0.15, 0.2) is 48.5 Å². The Balaban J connectivity index is 1.62. The fourth-order valence-corrected chi connectivity index (χ4v) is 5.11. The largest absolute Gasteiger partial charge is 0.478 e. The molecule has 0 saturated heterocycles. The molecule has 6 heteroatoms. The van der Waals surface area contributed by atoms with E-state index < -0.39 is 34.8 Å². The third-order valence-corrected chi connectivity index (χ3v) is 7.29. The minimum atomic E-state index is -1.67. The quantitative estimate of drug-likeness (QED) is 0.270. The number of carboxylic acid groups (broad SMARTS) is 1. The molecule has 1 N–H and O–H groups in total. The predicted octanol–water partition coefficient (Wildman–Crippen LogP) is 8.42. The molecular formula is C29H28F4O2. The number of carbonyl (C=O) groups is 1. The molecule has 1 saturated carbocycles. The van der Waals surface area contributed by atoms with Gasteiger partial charge in [0.15, 0.2) is 17.5 Å². The van der Waals surface area contributed by atoms with Gasteiger partial charge < -0.3 is 5.11 Å². The van der Waals surface area contributed by atoms with E-state index in [1.807, 2.05) is 12.1 Å². The summed E-state index contributed by atoms with van der Waals surface area (Å²) in [6.45, 7) is 2.25. The molecule has 0 unspecified atom stereocenters. The molecule has 1 aliphatic rings. The fraction of sp³-hybridized carbons (Fsp3) is 0.345. The average Bonchev–Trinajstić information content (AvgIpc) is 2.86. The normalized spacial score (nSPS) is 18.0. The van der Waals surface area contributed by atoms with E-state index in [0.29, 0.717) is 17.7 Å². The minimum Gasteiger partial charge on any atom is -0.478 e. The van der Waals surface area contributed by atoms with Crippen molar-refractivity contribution in [1.29, 1.82) is 0 Å². The molecule has 0 radical (unpaired) electrons. The van der Waals surface area contributed by atoms with E-state index in [4.69, 9.17) is 0 Å². The summed E-state index contributed by atoms with van der Waals surface area (Å²) < 4.78 is 56.6. The van der Waals surface area contributed by atoms with Gasteiger partial charge in [-0.25, -0.2) is 22.4 Å². The Morgan fingerprint density at radius 2 is 1.43 bits per heavy atom. The highest BCUT2D eigenvalue weighted by Crippen LogP contribution is 2.38. The molecule has 0 bridgehead atoms. The highest BCUT2D eigenvalue weighted by atomic mass is 19.2. The summed E-state index contributed by atoms with van der Waals surface area (Å²) >= 11 is 0. The van der Waals surface area contributed by atoms with Crippen LogP contribution in [0, 0.1) is 35.1 Å². The van der Waals surface area contributed by atoms with Crippen LogP contribution in [0.1, 0.15) is 61.4 Å². The van der Waals surface area contributed by atoms with Gasteiger partial charge in [0.25, 0.3) is 0 Å². The Morgan fingerprint density at radius 3 is 2.00 bits per heavy atom. The van der Waals surface area contributed by atoms with Crippen molar-refractivity contribution in [1.82, 2.24) is 0 Å². The van der Waals surface area contributed by atoms with Gasteiger partial charge in [0.2, 0.25) is 0 Å². The SMILES string of the molecule is CC[C@H]1CC[C@H](CCc2ccc(-c3ccc(C(=O)O)c(F)c3-c3cc(F)c(F)c(F)c3)cc2)CC1. The summed E-state index contributed by atoms with van der Waals surface area (Å²) in [4.78, 5) is 11.5. The smallest absolute Gasteiger partial charge is 0.338 e. The van der Waals surface area contributed by atoms with Crippen molar-refractivity contribution in [2.75, 3.05) is 0 Å². The Bertz CT molecular complexity index is 1190. The van der Waals surface area contributed by atoms with Crippen molar-refractivity contribution in [3.05, 3.63) is 82.9 Å². The van der Waals surface area contributed by atoms with Gasteiger partial charge in [0, 0.05) is 5.56 Å². The summed E-state index contributed by atoms with van der Waals surface area (Å²) in [5.74, 6) is -5.68. The summed E-state index contributed by atoms with van der Waals surface area (Å²) in [5.41, 5.74) is 0.764. The van der Waals surface area contributed by atoms with Gasteiger partial charge in [0.1, 0.15) is 5.82 Å². The second kappa shape index (κ2) is 10.6. The van der Waals surface area contributed by atoms with E-state index in [0.717, 1.165) is 36.3 Å². The molecule has 0 heterocycles. The van der Waals surface area contributed by atoms with E-state index in [1.54, 1.807) is 12.1 Å². The minimum absolute atomic E-state index is 0.266. The van der Waals surface area contributed by atoms with Crippen LogP contribution in [-0.2, 0) is 6.42 Å². The van der Waals surface area contributed by atoms with Gasteiger partial charge in [-0.05, 0) is 65.1 Å². The number of benzene rings is 3. The molecule has 4 rings (SSSR count). The average molecular weight is 485 g/mol. The lowest BCUT2D eigenvalue weighted by atomic mass is 9.78. The number of halogens is 4. The van der Waals surface area contributed by atoms with E-state index in [-0.39, 0.29) is 16.7 Å². The number of rotatable bonds is 7. The van der Waals surface area contributed by atoms with Crippen LogP contribution in [0.4, 0.5) is 17.6 Å².